The molecule has 0 amide bonds. The largest absolute Gasteiger partial charge is 0.507 e. The molecule has 17 nitrogen and oxygen atoms in total. The Labute approximate surface area is 322 Å². The van der Waals surface area contributed by atoms with Gasteiger partial charge in [0.25, 0.3) is 0 Å². The maximum Gasteiger partial charge on any atom is 0.316 e. The van der Waals surface area contributed by atoms with Crippen LogP contribution in [0.1, 0.15) is 94.7 Å². The lowest BCUT2D eigenvalue weighted by Gasteiger charge is -2.53. The number of rotatable bonds is 7. The molecule has 2 saturated heterocycles. The zero-order chi connectivity index (χ0) is 41.1. The van der Waals surface area contributed by atoms with Crippen LogP contribution in [0.5, 0.6) is 17.2 Å². The van der Waals surface area contributed by atoms with Gasteiger partial charge in [-0.05, 0) is 59.5 Å². The van der Waals surface area contributed by atoms with Crippen molar-refractivity contribution in [2.45, 2.75) is 112 Å². The lowest BCUT2D eigenvalue weighted by atomic mass is 9.68. The number of fused-ring (bicyclic) bond motifs is 8. The molecule has 7 rings (SSSR count). The van der Waals surface area contributed by atoms with Gasteiger partial charge in [-0.15, -0.1) is 0 Å². The molecule has 0 radical (unpaired) electrons. The number of benzene rings is 2. The molecule has 2 bridgehead atoms. The fraction of sp³-hybridized carbons (Fsp3) is 0.615. The van der Waals surface area contributed by atoms with E-state index in [1.165, 1.54) is 41.2 Å². The molecule has 3 heterocycles. The van der Waals surface area contributed by atoms with Gasteiger partial charge in [-0.1, -0.05) is 0 Å². The lowest BCUT2D eigenvalue weighted by Crippen LogP contribution is -2.68. The molecule has 1 unspecified atom stereocenters. The van der Waals surface area contributed by atoms with Crippen LogP contribution >= 0.6 is 0 Å². The van der Waals surface area contributed by atoms with E-state index in [1.54, 1.807) is 32.8 Å². The Hall–Kier alpha value is -3.75. The number of phenols is 2. The first kappa shape index (κ1) is 40.4. The summed E-state index contributed by atoms with van der Waals surface area (Å²) >= 11 is 0. The molecular formula is C39H49NO16. The lowest BCUT2D eigenvalue weighted by molar-refractivity contribution is -0.345. The monoisotopic (exact) mass is 787 g/mol. The third-order valence-electron chi connectivity index (χ3n) is 12.5. The third-order valence-corrected chi connectivity index (χ3v) is 12.5. The van der Waals surface area contributed by atoms with Crippen molar-refractivity contribution in [2.75, 3.05) is 42.5 Å². The summed E-state index contributed by atoms with van der Waals surface area (Å²) in [7, 11) is 8.84. The highest BCUT2D eigenvalue weighted by Gasteiger charge is 2.60. The van der Waals surface area contributed by atoms with Crippen LogP contribution in [0.15, 0.2) is 12.1 Å². The van der Waals surface area contributed by atoms with Crippen molar-refractivity contribution >= 4 is 17.5 Å². The SMILES string of the molecule is COC(=O)[C@H]1c2cc3c(c(O)c2[C@H](O[C@H]2O[C@H](C)[C@@H](OC)[C@@](C)(OC)[C@@H]2OC)C[C@@]1(C)O)C(=O)c1c(O)cc2c(c1C3=O)OC1O[C@]2(C)[C@@H](O)[C@H](N(C)C)[C@H]1O. The molecule has 17 heteroatoms. The molecule has 306 valence electrons. The van der Waals surface area contributed by atoms with Crippen molar-refractivity contribution < 1.29 is 77.8 Å². The van der Waals surface area contributed by atoms with Crippen LogP contribution in [-0.4, -0.2) is 151 Å². The second kappa shape index (κ2) is 13.7. The van der Waals surface area contributed by atoms with Gasteiger partial charge in [0.15, 0.2) is 12.1 Å². The summed E-state index contributed by atoms with van der Waals surface area (Å²) in [4.78, 5) is 44.4. The highest BCUT2D eigenvalue weighted by Crippen LogP contribution is 2.56. The minimum Gasteiger partial charge on any atom is -0.507 e. The number of hydrogen-bond donors (Lipinski definition) is 5. The average molecular weight is 788 g/mol. The van der Waals surface area contributed by atoms with Crippen LogP contribution in [0.4, 0.5) is 0 Å². The number of nitrogens with zero attached hydrogens (tertiary/aromatic N) is 1. The Balaban J connectivity index is 1.40. The highest BCUT2D eigenvalue weighted by molar-refractivity contribution is 6.31. The van der Waals surface area contributed by atoms with E-state index in [2.05, 4.69) is 0 Å². The zero-order valence-electron chi connectivity index (χ0n) is 32.8. The van der Waals surface area contributed by atoms with Crippen LogP contribution < -0.4 is 4.74 Å². The second-order valence-corrected chi connectivity index (χ2v) is 16.0. The van der Waals surface area contributed by atoms with Gasteiger partial charge in [-0.25, -0.2) is 0 Å². The molecule has 5 aliphatic rings. The maximum absolute atomic E-state index is 14.8. The van der Waals surface area contributed by atoms with E-state index in [9.17, 15) is 39.9 Å². The van der Waals surface area contributed by atoms with E-state index in [1.807, 2.05) is 0 Å². The van der Waals surface area contributed by atoms with Gasteiger partial charge in [0, 0.05) is 44.4 Å². The average Bonchev–Trinajstić information content (AvgIpc) is 3.12. The minimum atomic E-state index is -1.91. The number of aliphatic hydroxyl groups excluding tert-OH is 2. The molecule has 0 saturated carbocycles. The molecule has 2 aromatic rings. The quantitative estimate of drug-likeness (QED) is 0.212. The first-order valence-electron chi connectivity index (χ1n) is 18.2. The molecule has 13 atom stereocenters. The van der Waals surface area contributed by atoms with Crippen molar-refractivity contribution in [1.29, 1.82) is 0 Å². The maximum atomic E-state index is 14.8. The fourth-order valence-corrected chi connectivity index (χ4v) is 9.68. The fourth-order valence-electron chi connectivity index (χ4n) is 9.68. The molecule has 3 aliphatic heterocycles. The van der Waals surface area contributed by atoms with E-state index in [0.29, 0.717) is 0 Å². The smallest absolute Gasteiger partial charge is 0.316 e. The molecule has 0 spiro atoms. The van der Waals surface area contributed by atoms with Crippen molar-refractivity contribution in [3.63, 3.8) is 0 Å². The first-order valence-corrected chi connectivity index (χ1v) is 18.2. The highest BCUT2D eigenvalue weighted by atomic mass is 16.7. The number of ether oxygens (including phenoxy) is 8. The van der Waals surface area contributed by atoms with Crippen LogP contribution in [0.25, 0.3) is 0 Å². The Morgan fingerprint density at radius 3 is 2.20 bits per heavy atom. The zero-order valence-corrected chi connectivity index (χ0v) is 32.8. The van der Waals surface area contributed by atoms with Crippen molar-refractivity contribution in [3.05, 3.63) is 51.1 Å². The number of aliphatic hydroxyl groups is 3. The van der Waals surface area contributed by atoms with E-state index in [4.69, 9.17) is 37.9 Å². The summed E-state index contributed by atoms with van der Waals surface area (Å²) in [6.45, 7) is 6.40. The number of phenolic OH excluding ortho intramolecular Hbond substituents is 2. The number of aromatic hydroxyl groups is 2. The molecule has 5 N–H and O–H groups in total. The van der Waals surface area contributed by atoms with Crippen molar-refractivity contribution in [2.24, 2.45) is 0 Å². The predicted octanol–water partition coefficient (Wildman–Crippen LogP) is 1.14. The van der Waals surface area contributed by atoms with Crippen molar-refractivity contribution in [1.82, 2.24) is 4.90 Å². The summed E-state index contributed by atoms with van der Waals surface area (Å²) < 4.78 is 47.4. The van der Waals surface area contributed by atoms with E-state index >= 15 is 0 Å². The van der Waals surface area contributed by atoms with Gasteiger partial charge in [-0.3, -0.25) is 14.4 Å². The molecular weight excluding hydrogens is 738 g/mol. The molecule has 0 aromatic heterocycles. The normalized spacial score (nSPS) is 38.6. The molecule has 2 aliphatic carbocycles. The summed E-state index contributed by atoms with van der Waals surface area (Å²) in [5.74, 6) is -5.85. The number of hydrogen-bond acceptors (Lipinski definition) is 17. The first-order chi connectivity index (χ1) is 26.2. The van der Waals surface area contributed by atoms with Gasteiger partial charge in [0.05, 0.1) is 47.7 Å². The summed E-state index contributed by atoms with van der Waals surface area (Å²) in [5.41, 5.74) is -6.55. The Morgan fingerprint density at radius 2 is 1.61 bits per heavy atom. The molecule has 2 fully saturated rings. The van der Waals surface area contributed by atoms with E-state index in [-0.39, 0.29) is 34.4 Å². The molecule has 2 aromatic carbocycles. The van der Waals surface area contributed by atoms with E-state index in [0.717, 1.165) is 13.2 Å². The van der Waals surface area contributed by atoms with Gasteiger partial charge in [-0.2, -0.15) is 0 Å². The third kappa shape index (κ3) is 5.47. The standard InChI is InChI=1S/C39H49NO16/c1-14-32(49-7)39(4,52-10)33(50-8)36(53-14)54-19-13-37(2,48)24(34(47)51-9)15-11-16-21(27(43)20(15)19)28(44)22-18(41)12-17-30(23(22)26(16)42)55-35-29(45)25(40(5)6)31(46)38(17,3)56-35/h11-12,14,19,24-25,29,31-33,35-36,41,43,45-46,48H,13H2,1-10H3/t14-,19-,24-,25-,29-,31+,32-,33-,35?,36-,37-,38+,39-/m1/s1. The number of esters is 1. The second-order valence-electron chi connectivity index (χ2n) is 16.0. The summed E-state index contributed by atoms with van der Waals surface area (Å²) in [5, 5.41) is 58.3. The Morgan fingerprint density at radius 1 is 0.946 bits per heavy atom. The minimum absolute atomic E-state index is 0.0417. The summed E-state index contributed by atoms with van der Waals surface area (Å²) in [6, 6.07) is 1.50. The number of methoxy groups -OCH3 is 4. The van der Waals surface area contributed by atoms with Crippen LogP contribution in [0, 0.1) is 0 Å². The van der Waals surface area contributed by atoms with Gasteiger partial charge < -0.3 is 68.3 Å². The number of carbonyl (C=O) groups excluding carboxylic acids is 3. The number of ketones is 2. The summed E-state index contributed by atoms with van der Waals surface area (Å²) in [6.07, 6.45) is -9.16. The topological polar surface area (TPSA) is 229 Å². The molecule has 56 heavy (non-hydrogen) atoms. The number of likely N-dealkylation sites (N-methyl/N-ethyl adjacent to an activating group) is 1. The van der Waals surface area contributed by atoms with Crippen LogP contribution in [0.3, 0.4) is 0 Å². The van der Waals surface area contributed by atoms with Crippen LogP contribution in [-0.2, 0) is 43.6 Å². The van der Waals surface area contributed by atoms with Gasteiger partial charge in [0.1, 0.15) is 58.8 Å². The van der Waals surface area contributed by atoms with E-state index < -0.39 is 124 Å². The van der Waals surface area contributed by atoms with Crippen LogP contribution in [0.2, 0.25) is 0 Å². The van der Waals surface area contributed by atoms with Gasteiger partial charge in [0.2, 0.25) is 12.1 Å². The predicted molar refractivity (Wildman–Crippen MR) is 191 cm³/mol. The Kier molecular flexibility index (Phi) is 9.88. The Bertz CT molecular complexity index is 1980. The number of carbonyl (C=O) groups is 3. The van der Waals surface area contributed by atoms with Crippen molar-refractivity contribution in [3.8, 4) is 17.2 Å². The van der Waals surface area contributed by atoms with Gasteiger partial charge >= 0.3 is 5.97 Å².